The largest absolute Gasteiger partial charge is 0.493 e. The minimum atomic E-state index is -0.635. The number of anilines is 1. The van der Waals surface area contributed by atoms with Crippen molar-refractivity contribution in [3.8, 4) is 11.5 Å². The fourth-order valence-electron chi connectivity index (χ4n) is 3.43. The van der Waals surface area contributed by atoms with E-state index >= 15 is 0 Å². The molecule has 0 saturated carbocycles. The first-order valence-corrected chi connectivity index (χ1v) is 10.4. The van der Waals surface area contributed by atoms with E-state index in [2.05, 4.69) is 39.4 Å². The molecular weight excluding hydrogens is 420 g/mol. The number of nitrogens with two attached hydrogens (primary N) is 1. The molecule has 3 rings (SSSR count). The van der Waals surface area contributed by atoms with Crippen molar-refractivity contribution in [3.05, 3.63) is 53.1 Å². The van der Waals surface area contributed by atoms with E-state index in [0.717, 1.165) is 32.7 Å². The molecule has 0 aromatic heterocycles. The summed E-state index contributed by atoms with van der Waals surface area (Å²) in [6.45, 7) is 4.74. The lowest BCUT2D eigenvalue weighted by atomic mass is 10.2. The molecule has 0 unspecified atom stereocenters. The second-order valence-electron chi connectivity index (χ2n) is 7.16. The van der Waals surface area contributed by atoms with Crippen molar-refractivity contribution >= 4 is 29.1 Å². The second kappa shape index (κ2) is 10.9. The van der Waals surface area contributed by atoms with Gasteiger partial charge in [0, 0.05) is 50.5 Å². The number of methoxy groups -OCH3 is 1. The Morgan fingerprint density at radius 3 is 2.48 bits per heavy atom. The Morgan fingerprint density at radius 1 is 1.13 bits per heavy atom. The van der Waals surface area contributed by atoms with E-state index in [-0.39, 0.29) is 29.0 Å². The van der Waals surface area contributed by atoms with Crippen molar-refractivity contribution in [1.29, 1.82) is 0 Å². The van der Waals surface area contributed by atoms with Crippen LogP contribution in [0.3, 0.4) is 0 Å². The molecular formula is C22H27ClN4O4. The first-order chi connectivity index (χ1) is 15.0. The van der Waals surface area contributed by atoms with Crippen LogP contribution in [-0.4, -0.2) is 69.7 Å². The number of nitrogens with one attached hydrogen (secondary N) is 1. The topological polar surface area (TPSA) is 97.1 Å². The fraction of sp³-hybridized carbons (Fsp3) is 0.364. The molecule has 2 aromatic carbocycles. The predicted molar refractivity (Wildman–Crippen MR) is 120 cm³/mol. The third kappa shape index (κ3) is 6.26. The zero-order valence-electron chi connectivity index (χ0n) is 17.5. The van der Waals surface area contributed by atoms with Gasteiger partial charge in [-0.2, -0.15) is 0 Å². The summed E-state index contributed by atoms with van der Waals surface area (Å²) in [5, 5.41) is 3.08. The quantitative estimate of drug-likeness (QED) is 0.609. The Bertz CT molecular complexity index is 902. The smallest absolute Gasteiger partial charge is 0.255 e. The minimum absolute atomic E-state index is 0.169. The maximum Gasteiger partial charge on any atom is 0.255 e. The molecule has 9 heteroatoms. The first kappa shape index (κ1) is 22.7. The normalized spacial score (nSPS) is 14.2. The molecule has 0 spiro atoms. The molecule has 1 heterocycles. The zero-order chi connectivity index (χ0) is 22.2. The van der Waals surface area contributed by atoms with Crippen LogP contribution in [0, 0.1) is 0 Å². The van der Waals surface area contributed by atoms with E-state index in [1.807, 2.05) is 6.07 Å². The molecule has 8 nitrogen and oxygen atoms in total. The van der Waals surface area contributed by atoms with Crippen molar-refractivity contribution in [2.75, 3.05) is 57.9 Å². The highest BCUT2D eigenvalue weighted by Gasteiger charge is 2.19. The SMILES string of the molecule is COc1cc(C(=O)NCCN2CCN(c3ccccc3)CC2)cc(Cl)c1OCC(N)=O. The van der Waals surface area contributed by atoms with E-state index in [4.69, 9.17) is 26.8 Å². The summed E-state index contributed by atoms with van der Waals surface area (Å²) >= 11 is 6.21. The zero-order valence-corrected chi connectivity index (χ0v) is 18.2. The van der Waals surface area contributed by atoms with Gasteiger partial charge in [-0.05, 0) is 24.3 Å². The van der Waals surface area contributed by atoms with Gasteiger partial charge in [0.1, 0.15) is 0 Å². The minimum Gasteiger partial charge on any atom is -0.493 e. The average molecular weight is 447 g/mol. The van der Waals surface area contributed by atoms with Crippen molar-refractivity contribution < 1.29 is 19.1 Å². The van der Waals surface area contributed by atoms with Crippen LogP contribution in [0.15, 0.2) is 42.5 Å². The molecule has 0 aliphatic carbocycles. The molecule has 0 bridgehead atoms. The number of halogens is 1. The van der Waals surface area contributed by atoms with Gasteiger partial charge in [-0.25, -0.2) is 0 Å². The van der Waals surface area contributed by atoms with Crippen LogP contribution < -0.4 is 25.4 Å². The lowest BCUT2D eigenvalue weighted by molar-refractivity contribution is -0.119. The highest BCUT2D eigenvalue weighted by molar-refractivity contribution is 6.32. The number of amides is 2. The van der Waals surface area contributed by atoms with E-state index in [9.17, 15) is 9.59 Å². The second-order valence-corrected chi connectivity index (χ2v) is 7.57. The molecule has 166 valence electrons. The lowest BCUT2D eigenvalue weighted by Gasteiger charge is -2.36. The van der Waals surface area contributed by atoms with Gasteiger partial charge in [0.15, 0.2) is 18.1 Å². The van der Waals surface area contributed by atoms with Crippen molar-refractivity contribution in [3.63, 3.8) is 0 Å². The van der Waals surface area contributed by atoms with Gasteiger partial charge in [-0.1, -0.05) is 29.8 Å². The van der Waals surface area contributed by atoms with Crippen molar-refractivity contribution in [2.45, 2.75) is 0 Å². The van der Waals surface area contributed by atoms with Crippen molar-refractivity contribution in [1.82, 2.24) is 10.2 Å². The van der Waals surface area contributed by atoms with Gasteiger partial charge in [0.2, 0.25) is 0 Å². The molecule has 31 heavy (non-hydrogen) atoms. The van der Waals surface area contributed by atoms with Crippen LogP contribution in [0.4, 0.5) is 5.69 Å². The maximum absolute atomic E-state index is 12.6. The fourth-order valence-corrected chi connectivity index (χ4v) is 3.70. The number of benzene rings is 2. The van der Waals surface area contributed by atoms with Crippen LogP contribution in [0.1, 0.15) is 10.4 Å². The highest BCUT2D eigenvalue weighted by Crippen LogP contribution is 2.36. The van der Waals surface area contributed by atoms with E-state index in [1.54, 1.807) is 0 Å². The third-order valence-electron chi connectivity index (χ3n) is 5.06. The number of primary amides is 1. The number of hydrogen-bond donors (Lipinski definition) is 2. The summed E-state index contributed by atoms with van der Waals surface area (Å²) < 4.78 is 10.5. The van der Waals surface area contributed by atoms with Crippen molar-refractivity contribution in [2.24, 2.45) is 5.73 Å². The maximum atomic E-state index is 12.6. The van der Waals surface area contributed by atoms with Crippen LogP contribution in [0.25, 0.3) is 0 Å². The average Bonchev–Trinajstić information content (AvgIpc) is 2.78. The number of ether oxygens (including phenoxy) is 2. The Morgan fingerprint density at radius 2 is 1.84 bits per heavy atom. The standard InChI is InChI=1S/C22H27ClN4O4/c1-30-19-14-16(13-18(23)21(19)31-15-20(24)28)22(29)25-7-8-26-9-11-27(12-10-26)17-5-3-2-4-6-17/h2-6,13-14H,7-12,15H2,1H3,(H2,24,28)(H,25,29). The van der Waals surface area contributed by atoms with Gasteiger partial charge in [-0.3, -0.25) is 14.5 Å². The van der Waals surface area contributed by atoms with Gasteiger partial charge in [0.05, 0.1) is 12.1 Å². The number of para-hydroxylation sites is 1. The molecule has 0 radical (unpaired) electrons. The number of nitrogens with zero attached hydrogens (tertiary/aromatic N) is 2. The van der Waals surface area contributed by atoms with Gasteiger partial charge in [-0.15, -0.1) is 0 Å². The predicted octanol–water partition coefficient (Wildman–Crippen LogP) is 1.76. The van der Waals surface area contributed by atoms with Crippen LogP contribution in [0.2, 0.25) is 5.02 Å². The summed E-state index contributed by atoms with van der Waals surface area (Å²) in [5.74, 6) is -0.458. The molecule has 1 aliphatic heterocycles. The number of rotatable bonds is 9. The Balaban J connectivity index is 1.48. The molecule has 2 aromatic rings. The Kier molecular flexibility index (Phi) is 7.97. The van der Waals surface area contributed by atoms with Crippen LogP contribution in [0.5, 0.6) is 11.5 Å². The summed E-state index contributed by atoms with van der Waals surface area (Å²) in [6, 6.07) is 13.4. The van der Waals surface area contributed by atoms with E-state index in [0.29, 0.717) is 12.1 Å². The summed E-state index contributed by atoms with van der Waals surface area (Å²) in [5.41, 5.74) is 6.68. The summed E-state index contributed by atoms with van der Waals surface area (Å²) in [4.78, 5) is 28.2. The Labute approximate surface area is 186 Å². The summed E-state index contributed by atoms with van der Waals surface area (Å²) in [6.07, 6.45) is 0. The van der Waals surface area contributed by atoms with E-state index in [1.165, 1.54) is 24.9 Å². The molecule has 2 amide bonds. The number of carbonyl (C=O) groups excluding carboxylic acids is 2. The number of piperazine rings is 1. The molecule has 1 fully saturated rings. The Hall–Kier alpha value is -2.97. The monoisotopic (exact) mass is 446 g/mol. The molecule has 1 saturated heterocycles. The van der Waals surface area contributed by atoms with Crippen LogP contribution >= 0.6 is 11.6 Å². The molecule has 0 atom stereocenters. The summed E-state index contributed by atoms with van der Waals surface area (Å²) in [7, 11) is 1.43. The van der Waals surface area contributed by atoms with Crippen LogP contribution in [-0.2, 0) is 4.79 Å². The third-order valence-corrected chi connectivity index (χ3v) is 5.34. The highest BCUT2D eigenvalue weighted by atomic mass is 35.5. The number of hydrogen-bond acceptors (Lipinski definition) is 6. The van der Waals surface area contributed by atoms with E-state index < -0.39 is 5.91 Å². The number of carbonyl (C=O) groups is 2. The molecule has 1 aliphatic rings. The molecule has 3 N–H and O–H groups in total. The van der Waals surface area contributed by atoms with Gasteiger partial charge in [0.25, 0.3) is 11.8 Å². The lowest BCUT2D eigenvalue weighted by Crippen LogP contribution is -2.48. The van der Waals surface area contributed by atoms with Gasteiger partial charge >= 0.3 is 0 Å². The first-order valence-electron chi connectivity index (χ1n) is 10.1. The van der Waals surface area contributed by atoms with Gasteiger partial charge < -0.3 is 25.4 Å².